The molecule has 2 saturated heterocycles. The van der Waals surface area contributed by atoms with Gasteiger partial charge in [-0.15, -0.1) is 0 Å². The number of nitrogens with one attached hydrogen (secondary N) is 1. The lowest BCUT2D eigenvalue weighted by molar-refractivity contribution is -0.140. The van der Waals surface area contributed by atoms with Crippen molar-refractivity contribution in [1.82, 2.24) is 19.4 Å². The molecule has 0 unspecified atom stereocenters. The van der Waals surface area contributed by atoms with Crippen molar-refractivity contribution < 1.29 is 31.2 Å². The summed E-state index contributed by atoms with van der Waals surface area (Å²) in [5, 5.41) is 2.87. The fraction of sp³-hybridized carbons (Fsp3) is 0.619. The third kappa shape index (κ3) is 4.60. The van der Waals surface area contributed by atoms with Gasteiger partial charge in [0, 0.05) is 26.2 Å². The molecular weight excluding hydrogens is 461 g/mol. The van der Waals surface area contributed by atoms with E-state index in [1.807, 2.05) is 0 Å². The van der Waals surface area contributed by atoms with E-state index in [1.54, 1.807) is 4.90 Å². The predicted octanol–water partition coefficient (Wildman–Crippen LogP) is 2.61. The molecule has 3 fully saturated rings. The number of sulfonamides is 1. The van der Waals surface area contributed by atoms with Crippen molar-refractivity contribution in [2.45, 2.75) is 55.1 Å². The van der Waals surface area contributed by atoms with Crippen molar-refractivity contribution in [3.8, 4) is 0 Å². The van der Waals surface area contributed by atoms with Gasteiger partial charge in [0.25, 0.3) is 5.91 Å². The van der Waals surface area contributed by atoms with Crippen LogP contribution in [0, 0.1) is 0 Å². The Balaban J connectivity index is 1.42. The number of hydrogen-bond donors (Lipinski definition) is 1. The van der Waals surface area contributed by atoms with Crippen LogP contribution in [0.1, 0.15) is 44.1 Å². The summed E-state index contributed by atoms with van der Waals surface area (Å²) in [6.07, 6.45) is 0.226. The lowest BCUT2D eigenvalue weighted by Crippen LogP contribution is -2.53. The minimum absolute atomic E-state index is 0.0272. The van der Waals surface area contributed by atoms with E-state index in [2.05, 4.69) is 5.32 Å². The Morgan fingerprint density at radius 1 is 0.939 bits per heavy atom. The number of benzene rings is 1. The number of hydrogen-bond acceptors (Lipinski definition) is 5. The van der Waals surface area contributed by atoms with Gasteiger partial charge in [-0.1, -0.05) is 37.8 Å². The van der Waals surface area contributed by atoms with Crippen LogP contribution in [-0.2, 0) is 21.0 Å². The highest BCUT2D eigenvalue weighted by Crippen LogP contribution is 2.36. The molecule has 3 aliphatic rings. The fourth-order valence-electron chi connectivity index (χ4n) is 4.85. The van der Waals surface area contributed by atoms with Crippen LogP contribution >= 0.6 is 0 Å². The predicted molar refractivity (Wildman–Crippen MR) is 112 cm³/mol. The Morgan fingerprint density at radius 3 is 2.15 bits per heavy atom. The normalized spacial score (nSPS) is 23.1. The van der Waals surface area contributed by atoms with Crippen LogP contribution in [0.2, 0.25) is 0 Å². The van der Waals surface area contributed by atoms with Gasteiger partial charge < -0.3 is 5.32 Å². The quantitative estimate of drug-likeness (QED) is 0.659. The largest absolute Gasteiger partial charge is 0.417 e. The van der Waals surface area contributed by atoms with Crippen LogP contribution in [0.25, 0.3) is 0 Å². The molecule has 1 saturated carbocycles. The van der Waals surface area contributed by atoms with Crippen LogP contribution in [0.3, 0.4) is 0 Å². The Hall–Kier alpha value is -2.18. The molecule has 1 spiro atoms. The van der Waals surface area contributed by atoms with E-state index < -0.39 is 38.2 Å². The van der Waals surface area contributed by atoms with Gasteiger partial charge >= 0.3 is 12.2 Å². The minimum atomic E-state index is -4.79. The standard InChI is InChI=1S/C21H27F3N4O4S/c22-21(23,24)16-7-3-4-8-17(16)33(31,32)27-13-11-26(12-14-27)15-28-18(29)20(25-19(28)30)9-5-1-2-6-10-20/h3-4,7-8H,1-2,5-6,9-15H2,(H,25,30). The molecule has 8 nitrogen and oxygen atoms in total. The molecule has 1 aliphatic carbocycles. The first-order chi connectivity index (χ1) is 15.5. The van der Waals surface area contributed by atoms with Crippen molar-refractivity contribution in [3.63, 3.8) is 0 Å². The summed E-state index contributed by atoms with van der Waals surface area (Å²) in [6, 6.07) is 3.68. The minimum Gasteiger partial charge on any atom is -0.323 e. The number of piperazine rings is 1. The molecule has 0 radical (unpaired) electrons. The fourth-order valence-corrected chi connectivity index (χ4v) is 6.49. The molecule has 12 heteroatoms. The first kappa shape index (κ1) is 24.0. The van der Waals surface area contributed by atoms with E-state index in [-0.39, 0.29) is 38.8 Å². The maximum absolute atomic E-state index is 13.3. The molecule has 0 bridgehead atoms. The zero-order chi connectivity index (χ0) is 23.9. The number of urea groups is 1. The highest BCUT2D eigenvalue weighted by atomic mass is 32.2. The second kappa shape index (κ2) is 8.88. The van der Waals surface area contributed by atoms with Crippen LogP contribution < -0.4 is 5.32 Å². The summed E-state index contributed by atoms with van der Waals surface area (Å²) in [7, 11) is -4.35. The third-order valence-electron chi connectivity index (χ3n) is 6.69. The molecule has 2 heterocycles. The van der Waals surface area contributed by atoms with E-state index in [9.17, 15) is 31.2 Å². The Labute approximate surface area is 190 Å². The summed E-state index contributed by atoms with van der Waals surface area (Å²) in [5.41, 5.74) is -2.04. The SMILES string of the molecule is O=C1NC2(CCCCCC2)C(=O)N1CN1CCN(S(=O)(=O)c2ccccc2C(F)(F)F)CC1. The lowest BCUT2D eigenvalue weighted by atomic mass is 9.90. The van der Waals surface area contributed by atoms with Crippen LogP contribution in [0.15, 0.2) is 29.2 Å². The van der Waals surface area contributed by atoms with Gasteiger partial charge in [-0.05, 0) is 25.0 Å². The number of rotatable bonds is 4. The molecule has 0 aromatic heterocycles. The second-order valence-electron chi connectivity index (χ2n) is 8.82. The van der Waals surface area contributed by atoms with Crippen molar-refractivity contribution in [3.05, 3.63) is 29.8 Å². The van der Waals surface area contributed by atoms with E-state index >= 15 is 0 Å². The van der Waals surface area contributed by atoms with Gasteiger partial charge in [0.2, 0.25) is 10.0 Å². The first-order valence-corrected chi connectivity index (χ1v) is 12.5. The molecule has 0 atom stereocenters. The van der Waals surface area contributed by atoms with E-state index in [4.69, 9.17) is 0 Å². The monoisotopic (exact) mass is 488 g/mol. The molecule has 182 valence electrons. The summed E-state index contributed by atoms with van der Waals surface area (Å²) >= 11 is 0. The molecule has 1 aromatic rings. The number of carbonyl (C=O) groups excluding carboxylic acids is 2. The Kier molecular flexibility index (Phi) is 6.45. The maximum atomic E-state index is 13.3. The average molecular weight is 489 g/mol. The number of imide groups is 1. The van der Waals surface area contributed by atoms with Gasteiger partial charge in [0.15, 0.2) is 0 Å². The number of halogens is 3. The van der Waals surface area contributed by atoms with Crippen molar-refractivity contribution in [2.75, 3.05) is 32.8 Å². The Morgan fingerprint density at radius 2 is 1.55 bits per heavy atom. The van der Waals surface area contributed by atoms with Gasteiger partial charge in [-0.2, -0.15) is 17.5 Å². The number of carbonyl (C=O) groups is 2. The molecule has 33 heavy (non-hydrogen) atoms. The number of alkyl halides is 3. The Bertz CT molecular complexity index is 1010. The third-order valence-corrected chi connectivity index (χ3v) is 8.64. The number of nitrogens with zero attached hydrogens (tertiary/aromatic N) is 3. The van der Waals surface area contributed by atoms with Gasteiger partial charge in [-0.3, -0.25) is 9.69 Å². The van der Waals surface area contributed by atoms with Crippen molar-refractivity contribution in [2.24, 2.45) is 0 Å². The molecule has 3 amide bonds. The van der Waals surface area contributed by atoms with E-state index in [0.29, 0.717) is 12.8 Å². The van der Waals surface area contributed by atoms with Crippen molar-refractivity contribution >= 4 is 22.0 Å². The first-order valence-electron chi connectivity index (χ1n) is 11.1. The topological polar surface area (TPSA) is 90.0 Å². The molecule has 1 aromatic carbocycles. The van der Waals surface area contributed by atoms with E-state index in [1.165, 1.54) is 11.0 Å². The average Bonchev–Trinajstić information content (AvgIpc) is 2.93. The lowest BCUT2D eigenvalue weighted by Gasteiger charge is -2.35. The molecule has 4 rings (SSSR count). The number of amides is 3. The summed E-state index contributed by atoms with van der Waals surface area (Å²) in [5.74, 6) is -0.247. The summed E-state index contributed by atoms with van der Waals surface area (Å²) in [4.78, 5) is 27.8. The van der Waals surface area contributed by atoms with Crippen molar-refractivity contribution in [1.29, 1.82) is 0 Å². The highest BCUT2D eigenvalue weighted by molar-refractivity contribution is 7.89. The van der Waals surface area contributed by atoms with Crippen LogP contribution in [-0.4, -0.2) is 72.8 Å². The maximum Gasteiger partial charge on any atom is 0.417 e. The molecule has 2 aliphatic heterocycles. The highest BCUT2D eigenvalue weighted by Gasteiger charge is 2.51. The zero-order valence-electron chi connectivity index (χ0n) is 18.1. The zero-order valence-corrected chi connectivity index (χ0v) is 18.9. The second-order valence-corrected chi connectivity index (χ2v) is 10.7. The van der Waals surface area contributed by atoms with Gasteiger partial charge in [0.1, 0.15) is 5.54 Å². The summed E-state index contributed by atoms with van der Waals surface area (Å²) in [6.45, 7) is 0.334. The van der Waals surface area contributed by atoms with E-state index in [0.717, 1.165) is 48.2 Å². The smallest absolute Gasteiger partial charge is 0.323 e. The van der Waals surface area contributed by atoms with Gasteiger partial charge in [0.05, 0.1) is 17.1 Å². The molecular formula is C21H27F3N4O4S. The van der Waals surface area contributed by atoms with Crippen LogP contribution in [0.4, 0.5) is 18.0 Å². The van der Waals surface area contributed by atoms with Crippen LogP contribution in [0.5, 0.6) is 0 Å². The molecule has 1 N–H and O–H groups in total. The summed E-state index contributed by atoms with van der Waals surface area (Å²) < 4.78 is 66.8. The van der Waals surface area contributed by atoms with Gasteiger partial charge in [-0.25, -0.2) is 18.1 Å².